The van der Waals surface area contributed by atoms with Gasteiger partial charge in [-0.3, -0.25) is 14.4 Å². The van der Waals surface area contributed by atoms with Gasteiger partial charge in [0.05, 0.1) is 0 Å². The van der Waals surface area contributed by atoms with E-state index in [9.17, 15) is 14.4 Å². The van der Waals surface area contributed by atoms with E-state index in [1.54, 1.807) is 0 Å². The van der Waals surface area contributed by atoms with Gasteiger partial charge in [0.1, 0.15) is 13.2 Å². The first-order valence-electron chi connectivity index (χ1n) is 36.3. The fourth-order valence-electron chi connectivity index (χ4n) is 10.8. The van der Waals surface area contributed by atoms with Crippen molar-refractivity contribution in [3.05, 3.63) is 60.8 Å². The number of allylic oxidation sites excluding steroid dienone is 10. The number of carbonyl (C=O) groups excluding carboxylic acids is 3. The van der Waals surface area contributed by atoms with Gasteiger partial charge >= 0.3 is 17.9 Å². The van der Waals surface area contributed by atoms with E-state index < -0.39 is 6.10 Å². The quantitative estimate of drug-likeness (QED) is 0.0261. The van der Waals surface area contributed by atoms with E-state index in [4.69, 9.17) is 14.2 Å². The number of esters is 3. The fraction of sp³-hybridized carbons (Fsp3) is 0.829. The van der Waals surface area contributed by atoms with E-state index in [1.165, 1.54) is 263 Å². The molecule has 0 radical (unpaired) electrons. The van der Waals surface area contributed by atoms with Gasteiger partial charge < -0.3 is 14.2 Å². The van der Waals surface area contributed by atoms with Crippen LogP contribution in [0.15, 0.2) is 60.8 Å². The van der Waals surface area contributed by atoms with E-state index in [2.05, 4.69) is 81.5 Å². The highest BCUT2D eigenvalue weighted by molar-refractivity contribution is 5.71. The van der Waals surface area contributed by atoms with E-state index in [1.807, 2.05) is 0 Å². The van der Waals surface area contributed by atoms with Crippen LogP contribution in [0.2, 0.25) is 0 Å². The van der Waals surface area contributed by atoms with Gasteiger partial charge in [0.25, 0.3) is 0 Å². The second kappa shape index (κ2) is 70.6. The van der Waals surface area contributed by atoms with Crippen molar-refractivity contribution in [3.63, 3.8) is 0 Å². The first-order chi connectivity index (χ1) is 40.5. The van der Waals surface area contributed by atoms with Crippen molar-refractivity contribution in [1.82, 2.24) is 0 Å². The molecule has 0 heterocycles. The van der Waals surface area contributed by atoms with E-state index in [0.717, 1.165) is 83.5 Å². The van der Waals surface area contributed by atoms with Crippen LogP contribution >= 0.6 is 0 Å². The third-order valence-electron chi connectivity index (χ3n) is 16.2. The Bertz CT molecular complexity index is 1460. The maximum atomic E-state index is 12.9. The van der Waals surface area contributed by atoms with Crippen LogP contribution in [0.4, 0.5) is 0 Å². The van der Waals surface area contributed by atoms with Crippen molar-refractivity contribution in [2.75, 3.05) is 13.2 Å². The summed E-state index contributed by atoms with van der Waals surface area (Å²) < 4.78 is 17.0. The maximum Gasteiger partial charge on any atom is 0.306 e. The average molecular weight is 1150 g/mol. The van der Waals surface area contributed by atoms with Crippen LogP contribution < -0.4 is 0 Å². The first-order valence-corrected chi connectivity index (χ1v) is 36.3. The Morgan fingerprint density at radius 3 is 0.683 bits per heavy atom. The zero-order chi connectivity index (χ0) is 59.2. The summed E-state index contributed by atoms with van der Waals surface area (Å²) in [6.07, 6.45) is 91.2. The molecule has 0 aromatic rings. The molecule has 0 aliphatic carbocycles. The molecule has 478 valence electrons. The molecule has 0 saturated heterocycles. The topological polar surface area (TPSA) is 78.9 Å². The van der Waals surface area contributed by atoms with Crippen molar-refractivity contribution in [2.45, 2.75) is 393 Å². The number of ether oxygens (including phenoxy) is 3. The second-order valence-corrected chi connectivity index (χ2v) is 24.5. The summed E-state index contributed by atoms with van der Waals surface area (Å²) in [5.41, 5.74) is 0. The standard InChI is InChI=1S/C76H138O6/c1-4-7-10-13-16-19-22-25-27-29-31-33-34-35-36-37-38-39-40-41-42-44-45-47-49-51-54-57-60-63-66-69-75(78)81-72-73(71-80-74(77)68-65-62-59-56-53-24-21-18-15-12-9-6-3)82-76(79)70-67-64-61-58-55-52-50-48-46-43-32-30-28-26-23-20-17-14-11-8-5-2/h22-23,25-26,29-32,46,48,73H,4-21,24,27-28,33-45,47,49-72H2,1-3H3/b25-22-,26-23-,31-29-,32-30-,48-46-. The molecule has 6 heteroatoms. The van der Waals surface area contributed by atoms with Gasteiger partial charge in [-0.05, 0) is 89.9 Å². The van der Waals surface area contributed by atoms with Gasteiger partial charge in [-0.25, -0.2) is 0 Å². The van der Waals surface area contributed by atoms with Gasteiger partial charge in [-0.2, -0.15) is 0 Å². The fourth-order valence-corrected chi connectivity index (χ4v) is 10.8. The normalized spacial score (nSPS) is 12.4. The molecule has 0 saturated carbocycles. The lowest BCUT2D eigenvalue weighted by atomic mass is 10.0. The first kappa shape index (κ1) is 79.1. The Balaban J connectivity index is 4.18. The third kappa shape index (κ3) is 67.9. The summed E-state index contributed by atoms with van der Waals surface area (Å²) in [5.74, 6) is -0.863. The van der Waals surface area contributed by atoms with E-state index in [-0.39, 0.29) is 31.1 Å². The average Bonchev–Trinajstić information content (AvgIpc) is 3.47. The minimum absolute atomic E-state index is 0.0747. The minimum atomic E-state index is -0.779. The molecular formula is C76H138O6. The Morgan fingerprint density at radius 2 is 0.439 bits per heavy atom. The predicted molar refractivity (Wildman–Crippen MR) is 358 cm³/mol. The van der Waals surface area contributed by atoms with Crippen molar-refractivity contribution in [1.29, 1.82) is 0 Å². The van der Waals surface area contributed by atoms with Crippen LogP contribution in [0, 0.1) is 0 Å². The zero-order valence-electron chi connectivity index (χ0n) is 55.0. The monoisotopic (exact) mass is 1150 g/mol. The second-order valence-electron chi connectivity index (χ2n) is 24.5. The summed E-state index contributed by atoms with van der Waals surface area (Å²) >= 11 is 0. The summed E-state index contributed by atoms with van der Waals surface area (Å²) in [6, 6.07) is 0. The van der Waals surface area contributed by atoms with Crippen LogP contribution in [0.25, 0.3) is 0 Å². The largest absolute Gasteiger partial charge is 0.462 e. The molecule has 0 aliphatic heterocycles. The highest BCUT2D eigenvalue weighted by Gasteiger charge is 2.19. The van der Waals surface area contributed by atoms with Crippen LogP contribution in [0.5, 0.6) is 0 Å². The molecule has 0 bridgehead atoms. The van der Waals surface area contributed by atoms with Crippen LogP contribution in [-0.4, -0.2) is 37.2 Å². The summed E-state index contributed by atoms with van der Waals surface area (Å²) in [5, 5.41) is 0. The molecule has 82 heavy (non-hydrogen) atoms. The predicted octanol–water partition coefficient (Wildman–Crippen LogP) is 25.1. The third-order valence-corrected chi connectivity index (χ3v) is 16.2. The summed E-state index contributed by atoms with van der Waals surface area (Å²) in [7, 11) is 0. The molecule has 0 spiro atoms. The molecule has 1 atom stereocenters. The molecule has 0 aromatic heterocycles. The molecule has 0 rings (SSSR count). The molecule has 0 aromatic carbocycles. The maximum absolute atomic E-state index is 12.9. The Labute approximate surface area is 510 Å². The van der Waals surface area contributed by atoms with Gasteiger partial charge in [-0.1, -0.05) is 338 Å². The zero-order valence-corrected chi connectivity index (χ0v) is 55.0. The molecule has 0 amide bonds. The molecule has 1 unspecified atom stereocenters. The van der Waals surface area contributed by atoms with Crippen molar-refractivity contribution in [3.8, 4) is 0 Å². The molecular weight excluding hydrogens is 1010 g/mol. The highest BCUT2D eigenvalue weighted by Crippen LogP contribution is 2.18. The van der Waals surface area contributed by atoms with Gasteiger partial charge in [0, 0.05) is 19.3 Å². The van der Waals surface area contributed by atoms with Crippen LogP contribution in [0.3, 0.4) is 0 Å². The molecule has 0 fully saturated rings. The molecule has 6 nitrogen and oxygen atoms in total. The minimum Gasteiger partial charge on any atom is -0.462 e. The highest BCUT2D eigenvalue weighted by atomic mass is 16.6. The Hall–Kier alpha value is -2.89. The molecule has 0 aliphatic rings. The van der Waals surface area contributed by atoms with Crippen molar-refractivity contribution in [2.24, 2.45) is 0 Å². The molecule has 0 N–H and O–H groups in total. The number of hydrogen-bond acceptors (Lipinski definition) is 6. The van der Waals surface area contributed by atoms with Gasteiger partial charge in [-0.15, -0.1) is 0 Å². The number of rotatable bonds is 67. The SMILES string of the molecule is CCCCCCC/C=C\C/C=C\C/C=C\CCCCCCCCC(=O)OC(COC(=O)CCCCCCCCCCCCCC)COC(=O)CCCCCCCCCCCCCCCCCCCCC/C=C\C/C=C\CCCCCCC. The van der Waals surface area contributed by atoms with E-state index in [0.29, 0.717) is 19.3 Å². The van der Waals surface area contributed by atoms with Gasteiger partial charge in [0.15, 0.2) is 6.10 Å². The van der Waals surface area contributed by atoms with Gasteiger partial charge in [0.2, 0.25) is 0 Å². The van der Waals surface area contributed by atoms with E-state index >= 15 is 0 Å². The lowest BCUT2D eigenvalue weighted by Gasteiger charge is -2.18. The van der Waals surface area contributed by atoms with Crippen molar-refractivity contribution >= 4 is 17.9 Å². The lowest BCUT2D eigenvalue weighted by Crippen LogP contribution is -2.30. The smallest absolute Gasteiger partial charge is 0.306 e. The Morgan fingerprint density at radius 1 is 0.244 bits per heavy atom. The number of hydrogen-bond donors (Lipinski definition) is 0. The van der Waals surface area contributed by atoms with Crippen LogP contribution in [-0.2, 0) is 28.6 Å². The lowest BCUT2D eigenvalue weighted by molar-refractivity contribution is -0.167. The van der Waals surface area contributed by atoms with Crippen molar-refractivity contribution < 1.29 is 28.6 Å². The summed E-state index contributed by atoms with van der Waals surface area (Å²) in [4.78, 5) is 38.4. The number of carbonyl (C=O) groups is 3. The number of unbranched alkanes of at least 4 members (excludes halogenated alkanes) is 46. The van der Waals surface area contributed by atoms with Crippen LogP contribution in [0.1, 0.15) is 387 Å². The Kier molecular flexibility index (Phi) is 68.1. The summed E-state index contributed by atoms with van der Waals surface area (Å²) in [6.45, 7) is 6.66.